The van der Waals surface area contributed by atoms with E-state index in [0.29, 0.717) is 17.8 Å². The fraction of sp³-hybridized carbons (Fsp3) is 0.667. The van der Waals surface area contributed by atoms with Gasteiger partial charge in [0.1, 0.15) is 0 Å². The minimum absolute atomic E-state index is 0.0360. The van der Waals surface area contributed by atoms with E-state index in [4.69, 9.17) is 19.7 Å². The molecule has 0 nitrogen and oxygen atoms in total. The van der Waals surface area contributed by atoms with Crippen molar-refractivity contribution in [2.45, 2.75) is 164 Å². The van der Waals surface area contributed by atoms with E-state index < -0.39 is 0 Å². The Morgan fingerprint density at radius 1 is 0.875 bits per heavy atom. The summed E-state index contributed by atoms with van der Waals surface area (Å²) in [6.07, 6.45) is 21.5. The lowest BCUT2D eigenvalue weighted by molar-refractivity contribution is -0.0530. The number of allylic oxidation sites excluding steroid dienone is 7. The first kappa shape index (κ1) is 35.7. The molecule has 5 aliphatic carbocycles. The molecule has 0 spiro atoms. The normalized spacial score (nSPS) is 33.5. The first-order chi connectivity index (χ1) is 22.8. The number of hydrogen-bond donors (Lipinski definition) is 0. The third-order valence-corrected chi connectivity index (χ3v) is 15.9. The van der Waals surface area contributed by atoms with Crippen LogP contribution < -0.4 is 0 Å². The monoisotopic (exact) mass is 647 g/mol. The summed E-state index contributed by atoms with van der Waals surface area (Å²) in [4.78, 5) is 0. The number of hydrogen-bond acceptors (Lipinski definition) is 0. The van der Waals surface area contributed by atoms with E-state index in [1.807, 2.05) is 0 Å². The van der Waals surface area contributed by atoms with Gasteiger partial charge in [-0.15, -0.1) is 0 Å². The fourth-order valence-corrected chi connectivity index (χ4v) is 12.8. The summed E-state index contributed by atoms with van der Waals surface area (Å²) in [5, 5.41) is 0. The van der Waals surface area contributed by atoms with Crippen molar-refractivity contribution < 1.29 is 0 Å². The highest BCUT2D eigenvalue weighted by Crippen LogP contribution is 2.76. The van der Waals surface area contributed by atoms with Crippen LogP contribution in [-0.2, 0) is 0 Å². The van der Waals surface area contributed by atoms with Crippen LogP contribution in [0.4, 0.5) is 0 Å². The average molecular weight is 647 g/mol. The Morgan fingerprint density at radius 3 is 2.15 bits per heavy atom. The van der Waals surface area contributed by atoms with Gasteiger partial charge in [0.15, 0.2) is 0 Å². The Labute approximate surface area is 296 Å². The van der Waals surface area contributed by atoms with Crippen molar-refractivity contribution in [3.05, 3.63) is 88.1 Å². The van der Waals surface area contributed by atoms with Gasteiger partial charge in [-0.3, -0.25) is 0 Å². The van der Waals surface area contributed by atoms with E-state index in [2.05, 4.69) is 73.6 Å². The maximum absolute atomic E-state index is 5.12. The van der Waals surface area contributed by atoms with E-state index in [-0.39, 0.29) is 16.2 Å². The van der Waals surface area contributed by atoms with E-state index in [1.165, 1.54) is 123 Å². The molecule has 2 fully saturated rings. The molecule has 1 aromatic carbocycles. The molecule has 5 aliphatic rings. The SMILES string of the molecule is C=C(CCC1CCCCC1)C1=C(C)C[C@@]2(C)[C@H](CC(C)CC)[C@]3(C)C(=C(C)[C@@]2(C)C1=C)C(=C)c1c(C)cccc1[C@H]3CCC1CCCC1. The minimum atomic E-state index is -0.137. The lowest BCUT2D eigenvalue weighted by Gasteiger charge is -2.68. The second-order valence-corrected chi connectivity index (χ2v) is 18.4. The molecule has 0 N–H and O–H groups in total. The molecule has 0 amide bonds. The molecule has 0 saturated heterocycles. The predicted molar refractivity (Wildman–Crippen MR) is 210 cm³/mol. The van der Waals surface area contributed by atoms with Crippen LogP contribution in [0.3, 0.4) is 0 Å². The third kappa shape index (κ3) is 5.53. The molecule has 6 atom stereocenters. The molecular weight excluding hydrogens is 577 g/mol. The highest BCUT2D eigenvalue weighted by atomic mass is 14.7. The minimum Gasteiger partial charge on any atom is -0.0952 e. The zero-order valence-corrected chi connectivity index (χ0v) is 32.6. The predicted octanol–water partition coefficient (Wildman–Crippen LogP) is 14.7. The van der Waals surface area contributed by atoms with E-state index in [0.717, 1.165) is 24.7 Å². The number of fused-ring (bicyclic) bond motifs is 3. The van der Waals surface area contributed by atoms with Crippen molar-refractivity contribution in [1.29, 1.82) is 0 Å². The first-order valence-electron chi connectivity index (χ1n) is 20.4. The highest BCUT2D eigenvalue weighted by Gasteiger charge is 2.66. The highest BCUT2D eigenvalue weighted by molar-refractivity contribution is 5.87. The smallest absolute Gasteiger partial charge is 0.0196 e. The van der Waals surface area contributed by atoms with Gasteiger partial charge in [-0.2, -0.15) is 0 Å². The fourth-order valence-electron chi connectivity index (χ4n) is 12.8. The van der Waals surface area contributed by atoms with Crippen LogP contribution in [0.25, 0.3) is 5.57 Å². The van der Waals surface area contributed by atoms with Gasteiger partial charge in [0.05, 0.1) is 0 Å². The quantitative estimate of drug-likeness (QED) is 0.237. The third-order valence-electron chi connectivity index (χ3n) is 15.9. The summed E-state index contributed by atoms with van der Waals surface area (Å²) in [7, 11) is 0. The topological polar surface area (TPSA) is 0 Å². The molecular formula is C48H70. The van der Waals surface area contributed by atoms with Crippen LogP contribution in [-0.4, -0.2) is 0 Å². The summed E-state index contributed by atoms with van der Waals surface area (Å²) < 4.78 is 0. The van der Waals surface area contributed by atoms with Gasteiger partial charge in [0, 0.05) is 10.8 Å². The summed E-state index contributed by atoms with van der Waals surface area (Å²) >= 11 is 0. The molecule has 6 rings (SSSR count). The second-order valence-electron chi connectivity index (χ2n) is 18.4. The molecule has 1 aromatic rings. The van der Waals surface area contributed by atoms with Crippen molar-refractivity contribution in [1.82, 2.24) is 0 Å². The van der Waals surface area contributed by atoms with Crippen LogP contribution in [0.5, 0.6) is 0 Å². The van der Waals surface area contributed by atoms with Crippen LogP contribution >= 0.6 is 0 Å². The average Bonchev–Trinajstić information content (AvgIpc) is 3.58. The van der Waals surface area contributed by atoms with Crippen molar-refractivity contribution in [3.63, 3.8) is 0 Å². The molecule has 2 saturated carbocycles. The van der Waals surface area contributed by atoms with Crippen molar-refractivity contribution in [3.8, 4) is 0 Å². The number of benzene rings is 1. The molecule has 0 heterocycles. The zero-order valence-electron chi connectivity index (χ0n) is 32.6. The maximum atomic E-state index is 5.12. The summed E-state index contributed by atoms with van der Waals surface area (Å²) in [5.41, 5.74) is 14.6. The van der Waals surface area contributed by atoms with Crippen molar-refractivity contribution in [2.75, 3.05) is 0 Å². The van der Waals surface area contributed by atoms with E-state index in [1.54, 1.807) is 22.3 Å². The number of rotatable bonds is 10. The Kier molecular flexibility index (Phi) is 10.1. The van der Waals surface area contributed by atoms with Gasteiger partial charge < -0.3 is 0 Å². The maximum Gasteiger partial charge on any atom is 0.0196 e. The molecule has 0 aliphatic heterocycles. The Balaban J connectivity index is 1.51. The summed E-state index contributed by atoms with van der Waals surface area (Å²) in [5.74, 6) is 3.51. The van der Waals surface area contributed by atoms with E-state index in [9.17, 15) is 0 Å². The lowest BCUT2D eigenvalue weighted by Crippen LogP contribution is -2.60. The second kappa shape index (κ2) is 13.6. The van der Waals surface area contributed by atoms with Gasteiger partial charge in [-0.25, -0.2) is 0 Å². The van der Waals surface area contributed by atoms with Gasteiger partial charge >= 0.3 is 0 Å². The van der Waals surface area contributed by atoms with Crippen LogP contribution in [0.15, 0.2) is 71.4 Å². The molecule has 0 bridgehead atoms. The lowest BCUT2D eigenvalue weighted by atomic mass is 9.35. The zero-order chi connectivity index (χ0) is 34.6. The largest absolute Gasteiger partial charge is 0.0952 e. The molecule has 262 valence electrons. The van der Waals surface area contributed by atoms with E-state index >= 15 is 0 Å². The van der Waals surface area contributed by atoms with Gasteiger partial charge in [-0.05, 0) is 139 Å². The van der Waals surface area contributed by atoms with Gasteiger partial charge in [0.2, 0.25) is 0 Å². The Morgan fingerprint density at radius 2 is 1.50 bits per heavy atom. The standard InChI is InChI=1S/C48H70/c1-12-31(2)29-42-46(9)30-34(5)43(33(4)25-26-38-20-14-13-15-21-38)36(7)48(46,11)37(8)45-35(6)44-32(3)19-18-24-40(44)41(47(42,45)10)28-27-39-22-16-17-23-39/h18-19,24,31,38-39,41-42H,4,6-7,12-17,20-23,25-30H2,1-3,5,8-11H3/t31?,41-,42+,46+,47-,48-/m1/s1. The molecule has 0 heteroatoms. The molecule has 48 heavy (non-hydrogen) atoms. The van der Waals surface area contributed by atoms with Crippen molar-refractivity contribution in [2.24, 2.45) is 39.9 Å². The summed E-state index contributed by atoms with van der Waals surface area (Å²) in [6.45, 7) is 35.3. The van der Waals surface area contributed by atoms with Crippen molar-refractivity contribution >= 4 is 5.57 Å². The Hall–Kier alpha value is -2.08. The van der Waals surface area contributed by atoms with Crippen LogP contribution in [0, 0.1) is 46.8 Å². The molecule has 1 unspecified atom stereocenters. The van der Waals surface area contributed by atoms with Crippen LogP contribution in [0.1, 0.15) is 174 Å². The summed E-state index contributed by atoms with van der Waals surface area (Å²) in [6, 6.07) is 7.18. The Bertz CT molecular complexity index is 1500. The molecule has 0 aromatic heterocycles. The number of aryl methyl sites for hydroxylation is 1. The first-order valence-corrected chi connectivity index (χ1v) is 20.4. The molecule has 0 radical (unpaired) electrons. The van der Waals surface area contributed by atoms with Crippen LogP contribution in [0.2, 0.25) is 0 Å². The van der Waals surface area contributed by atoms with Gasteiger partial charge in [0.25, 0.3) is 0 Å². The van der Waals surface area contributed by atoms with Gasteiger partial charge in [-0.1, -0.05) is 148 Å².